The minimum Gasteiger partial charge on any atom is -0.345 e. The highest BCUT2D eigenvalue weighted by atomic mass is 32.2. The number of nitrogens with one attached hydrogen (secondary N) is 1. The molecular weight excluding hydrogens is 260 g/mol. The van der Waals surface area contributed by atoms with Gasteiger partial charge in [-0.05, 0) is 30.8 Å². The van der Waals surface area contributed by atoms with Gasteiger partial charge in [0.2, 0.25) is 11.8 Å². The smallest absolute Gasteiger partial charge is 0.243 e. The van der Waals surface area contributed by atoms with E-state index >= 15 is 0 Å². The Hall–Kier alpha value is -0.710. The lowest BCUT2D eigenvalue weighted by atomic mass is 9.99. The van der Waals surface area contributed by atoms with Crippen molar-refractivity contribution in [3.05, 3.63) is 0 Å². The Morgan fingerprint density at radius 3 is 2.58 bits per heavy atom. The number of thioether (sulfide) groups is 1. The maximum atomic E-state index is 11.9. The largest absolute Gasteiger partial charge is 0.345 e. The van der Waals surface area contributed by atoms with E-state index in [1.165, 1.54) is 18.6 Å². The molecule has 0 saturated carbocycles. The molecule has 5 heteroatoms. The summed E-state index contributed by atoms with van der Waals surface area (Å²) < 4.78 is 0. The van der Waals surface area contributed by atoms with E-state index in [-0.39, 0.29) is 30.3 Å². The molecule has 1 atom stereocenters. The van der Waals surface area contributed by atoms with Crippen LogP contribution < -0.4 is 5.32 Å². The number of carbonyl (C=O) groups excluding carboxylic acids is 2. The van der Waals surface area contributed by atoms with Gasteiger partial charge in [0.25, 0.3) is 0 Å². The lowest BCUT2D eigenvalue weighted by Gasteiger charge is -2.37. The van der Waals surface area contributed by atoms with E-state index in [0.29, 0.717) is 6.54 Å². The highest BCUT2D eigenvalue weighted by molar-refractivity contribution is 7.98. The van der Waals surface area contributed by atoms with Gasteiger partial charge in [-0.2, -0.15) is 11.8 Å². The van der Waals surface area contributed by atoms with Crippen LogP contribution in [-0.2, 0) is 9.59 Å². The third-order valence-electron chi connectivity index (χ3n) is 3.47. The second-order valence-electron chi connectivity index (χ2n) is 5.40. The van der Waals surface area contributed by atoms with Crippen LogP contribution in [0.2, 0.25) is 0 Å². The molecule has 110 valence electrons. The van der Waals surface area contributed by atoms with Crippen LogP contribution in [0.25, 0.3) is 0 Å². The molecule has 0 aliphatic carbocycles. The number of unbranched alkanes of at least 4 members (excludes halogenated alkanes) is 3. The van der Waals surface area contributed by atoms with Gasteiger partial charge < -0.3 is 10.2 Å². The molecule has 1 unspecified atom stereocenters. The first-order valence-electron chi connectivity index (χ1n) is 7.14. The summed E-state index contributed by atoms with van der Waals surface area (Å²) in [5, 5.41) is 2.68. The first-order chi connectivity index (χ1) is 9.07. The average molecular weight is 286 g/mol. The van der Waals surface area contributed by atoms with E-state index in [1.807, 2.05) is 25.6 Å². The zero-order chi connectivity index (χ0) is 14.3. The van der Waals surface area contributed by atoms with E-state index in [2.05, 4.69) is 11.6 Å². The molecule has 0 aromatic rings. The summed E-state index contributed by atoms with van der Waals surface area (Å²) in [6, 6.07) is -0.285. The SMILES string of the molecule is CSCCCCCCN1C(=O)CNC(=O)C1C(C)C. The Bertz CT molecular complexity index is 308. The standard InChI is InChI=1S/C14H26N2O2S/c1-11(2)13-14(18)15-10-12(17)16(13)8-6-4-5-7-9-19-3/h11,13H,4-10H2,1-3H3,(H,15,18). The molecule has 19 heavy (non-hydrogen) atoms. The summed E-state index contributed by atoms with van der Waals surface area (Å²) in [5.74, 6) is 1.43. The van der Waals surface area contributed by atoms with Crippen molar-refractivity contribution in [1.29, 1.82) is 0 Å². The molecule has 1 saturated heterocycles. The van der Waals surface area contributed by atoms with Crippen molar-refractivity contribution in [2.45, 2.75) is 45.6 Å². The van der Waals surface area contributed by atoms with Gasteiger partial charge in [0.1, 0.15) is 6.04 Å². The number of carbonyl (C=O) groups is 2. The van der Waals surface area contributed by atoms with E-state index in [9.17, 15) is 9.59 Å². The minimum absolute atomic E-state index is 0.00279. The lowest BCUT2D eigenvalue weighted by molar-refractivity contribution is -0.147. The maximum Gasteiger partial charge on any atom is 0.243 e. The number of hydrogen-bond acceptors (Lipinski definition) is 3. The number of amides is 2. The van der Waals surface area contributed by atoms with Crippen molar-refractivity contribution in [3.63, 3.8) is 0 Å². The van der Waals surface area contributed by atoms with Crippen LogP contribution in [0.1, 0.15) is 39.5 Å². The maximum absolute atomic E-state index is 11.9. The molecule has 1 N–H and O–H groups in total. The summed E-state index contributed by atoms with van der Waals surface area (Å²) in [6.45, 7) is 4.87. The van der Waals surface area contributed by atoms with Gasteiger partial charge in [-0.1, -0.05) is 26.7 Å². The third kappa shape index (κ3) is 5.05. The second kappa shape index (κ2) is 8.46. The van der Waals surface area contributed by atoms with Crippen molar-refractivity contribution >= 4 is 23.6 Å². The first kappa shape index (κ1) is 16.3. The molecule has 1 aliphatic rings. The zero-order valence-corrected chi connectivity index (χ0v) is 13.1. The summed E-state index contributed by atoms with van der Waals surface area (Å²) >= 11 is 1.88. The molecular formula is C14H26N2O2S. The van der Waals surface area contributed by atoms with Crippen LogP contribution in [0.15, 0.2) is 0 Å². The normalized spacial score (nSPS) is 20.0. The molecule has 4 nitrogen and oxygen atoms in total. The highest BCUT2D eigenvalue weighted by Gasteiger charge is 2.35. The van der Waals surface area contributed by atoms with Gasteiger partial charge in [-0.3, -0.25) is 9.59 Å². The molecule has 0 bridgehead atoms. The predicted molar refractivity (Wildman–Crippen MR) is 80.2 cm³/mol. The van der Waals surface area contributed by atoms with Gasteiger partial charge in [0.15, 0.2) is 0 Å². The van der Waals surface area contributed by atoms with Crippen LogP contribution in [0.4, 0.5) is 0 Å². The average Bonchev–Trinajstić information content (AvgIpc) is 2.37. The number of hydrogen-bond donors (Lipinski definition) is 1. The van der Waals surface area contributed by atoms with E-state index in [1.54, 1.807) is 4.90 Å². The molecule has 1 heterocycles. The molecule has 1 fully saturated rings. The fourth-order valence-electron chi connectivity index (χ4n) is 2.47. The van der Waals surface area contributed by atoms with Crippen molar-refractivity contribution in [3.8, 4) is 0 Å². The molecule has 1 aliphatic heterocycles. The molecule has 0 spiro atoms. The minimum atomic E-state index is -0.285. The fourth-order valence-corrected chi connectivity index (χ4v) is 2.97. The van der Waals surface area contributed by atoms with Crippen molar-refractivity contribution < 1.29 is 9.59 Å². The first-order valence-corrected chi connectivity index (χ1v) is 8.53. The number of nitrogens with zero attached hydrogens (tertiary/aromatic N) is 1. The number of rotatable bonds is 8. The van der Waals surface area contributed by atoms with Gasteiger partial charge in [0.05, 0.1) is 6.54 Å². The Balaban J connectivity index is 2.39. The van der Waals surface area contributed by atoms with Gasteiger partial charge in [0, 0.05) is 6.54 Å². The summed E-state index contributed by atoms with van der Waals surface area (Å²) in [7, 11) is 0. The van der Waals surface area contributed by atoms with Crippen LogP contribution in [0, 0.1) is 5.92 Å². The lowest BCUT2D eigenvalue weighted by Crippen LogP contribution is -2.60. The zero-order valence-electron chi connectivity index (χ0n) is 12.3. The summed E-state index contributed by atoms with van der Waals surface area (Å²) in [4.78, 5) is 25.6. The quantitative estimate of drug-likeness (QED) is 0.693. The molecule has 0 aromatic carbocycles. The summed E-state index contributed by atoms with van der Waals surface area (Å²) in [5.41, 5.74) is 0. The van der Waals surface area contributed by atoms with Crippen molar-refractivity contribution in [2.75, 3.05) is 25.1 Å². The van der Waals surface area contributed by atoms with E-state index in [4.69, 9.17) is 0 Å². The van der Waals surface area contributed by atoms with Crippen molar-refractivity contribution in [2.24, 2.45) is 5.92 Å². The fraction of sp³-hybridized carbons (Fsp3) is 0.857. The Kier molecular flexibility index (Phi) is 7.28. The molecule has 0 aromatic heterocycles. The second-order valence-corrected chi connectivity index (χ2v) is 6.39. The Morgan fingerprint density at radius 2 is 1.95 bits per heavy atom. The molecule has 0 radical (unpaired) electrons. The number of piperazine rings is 1. The molecule has 2 amide bonds. The highest BCUT2D eigenvalue weighted by Crippen LogP contribution is 2.16. The van der Waals surface area contributed by atoms with E-state index < -0.39 is 0 Å². The van der Waals surface area contributed by atoms with Crippen LogP contribution in [-0.4, -0.2) is 47.9 Å². The van der Waals surface area contributed by atoms with Crippen LogP contribution in [0.5, 0.6) is 0 Å². The Morgan fingerprint density at radius 1 is 1.26 bits per heavy atom. The van der Waals surface area contributed by atoms with Crippen molar-refractivity contribution in [1.82, 2.24) is 10.2 Å². The van der Waals surface area contributed by atoms with E-state index in [0.717, 1.165) is 12.8 Å². The van der Waals surface area contributed by atoms with Crippen LogP contribution in [0.3, 0.4) is 0 Å². The Labute approximate surface area is 120 Å². The third-order valence-corrected chi connectivity index (χ3v) is 4.16. The van der Waals surface area contributed by atoms with Gasteiger partial charge in [-0.25, -0.2) is 0 Å². The van der Waals surface area contributed by atoms with Gasteiger partial charge >= 0.3 is 0 Å². The van der Waals surface area contributed by atoms with Gasteiger partial charge in [-0.15, -0.1) is 0 Å². The predicted octanol–water partition coefficient (Wildman–Crippen LogP) is 1.89. The summed E-state index contributed by atoms with van der Waals surface area (Å²) in [6.07, 6.45) is 6.70. The monoisotopic (exact) mass is 286 g/mol. The van der Waals surface area contributed by atoms with Crippen LogP contribution >= 0.6 is 11.8 Å². The molecule has 1 rings (SSSR count). The topological polar surface area (TPSA) is 49.4 Å².